The van der Waals surface area contributed by atoms with E-state index in [1.165, 1.54) is 18.2 Å². The van der Waals surface area contributed by atoms with Crippen molar-refractivity contribution in [2.45, 2.75) is 20.5 Å². The summed E-state index contributed by atoms with van der Waals surface area (Å²) < 4.78 is 16.1. The van der Waals surface area contributed by atoms with Crippen LogP contribution in [0.3, 0.4) is 0 Å². The molecule has 29 heavy (non-hydrogen) atoms. The van der Waals surface area contributed by atoms with Crippen LogP contribution in [0.1, 0.15) is 27.2 Å². The Morgan fingerprint density at radius 3 is 2.59 bits per heavy atom. The Balaban J connectivity index is 1.66. The highest BCUT2D eigenvalue weighted by Crippen LogP contribution is 2.24. The largest absolute Gasteiger partial charge is 0.455 e. The lowest BCUT2D eigenvalue weighted by atomic mass is 10.0. The van der Waals surface area contributed by atoms with E-state index in [-0.39, 0.29) is 23.3 Å². The number of fused-ring (bicyclic) bond motifs is 2. The van der Waals surface area contributed by atoms with Crippen molar-refractivity contribution in [2.24, 2.45) is 0 Å². The van der Waals surface area contributed by atoms with Gasteiger partial charge >= 0.3 is 11.6 Å². The van der Waals surface area contributed by atoms with Gasteiger partial charge in [-0.1, -0.05) is 23.7 Å². The van der Waals surface area contributed by atoms with E-state index < -0.39 is 17.0 Å². The number of benzene rings is 2. The van der Waals surface area contributed by atoms with Gasteiger partial charge in [-0.15, -0.1) is 0 Å². The summed E-state index contributed by atoms with van der Waals surface area (Å²) in [5.74, 6) is -1.05. The summed E-state index contributed by atoms with van der Waals surface area (Å²) in [6.45, 7) is 3.59. The molecule has 146 valence electrons. The Morgan fingerprint density at radius 1 is 1.00 bits per heavy atom. The quantitative estimate of drug-likeness (QED) is 0.364. The monoisotopic (exact) mass is 410 g/mol. The third-order valence-electron chi connectivity index (χ3n) is 4.77. The zero-order chi connectivity index (χ0) is 20.7. The van der Waals surface area contributed by atoms with Crippen molar-refractivity contribution in [2.75, 3.05) is 0 Å². The zero-order valence-electron chi connectivity index (χ0n) is 15.6. The summed E-state index contributed by atoms with van der Waals surface area (Å²) in [4.78, 5) is 36.6. The highest BCUT2D eigenvalue weighted by molar-refractivity contribution is 6.31. The fourth-order valence-electron chi connectivity index (χ4n) is 3.09. The number of esters is 1. The first-order valence-electron chi connectivity index (χ1n) is 8.77. The second-order valence-corrected chi connectivity index (χ2v) is 7.10. The average molecular weight is 411 g/mol. The molecule has 6 nitrogen and oxygen atoms in total. The van der Waals surface area contributed by atoms with Gasteiger partial charge in [0.05, 0.1) is 5.39 Å². The van der Waals surface area contributed by atoms with Crippen molar-refractivity contribution in [3.63, 3.8) is 0 Å². The molecular formula is C22H15ClO6. The molecule has 0 aliphatic rings. The lowest BCUT2D eigenvalue weighted by Crippen LogP contribution is -2.11. The molecule has 0 aliphatic carbocycles. The molecule has 0 amide bonds. The van der Waals surface area contributed by atoms with E-state index >= 15 is 0 Å². The summed E-state index contributed by atoms with van der Waals surface area (Å²) in [6.07, 6.45) is 0. The highest BCUT2D eigenvalue weighted by atomic mass is 35.5. The first-order chi connectivity index (χ1) is 13.8. The fraction of sp³-hybridized carbons (Fsp3) is 0.136. The molecule has 7 heteroatoms. The summed E-state index contributed by atoms with van der Waals surface area (Å²) >= 11 is 5.89. The molecule has 4 rings (SSSR count). The lowest BCUT2D eigenvalue weighted by molar-refractivity contribution is 0.0438. The summed E-state index contributed by atoms with van der Waals surface area (Å²) in [5.41, 5.74) is 2.06. The SMILES string of the molecule is Cc1ccc2c(COC(=O)c3cc(=O)c4cc(Cl)ccc4o3)cc(=O)oc2c1C. The van der Waals surface area contributed by atoms with E-state index in [0.717, 1.165) is 17.2 Å². The smallest absolute Gasteiger partial charge is 0.374 e. The fourth-order valence-corrected chi connectivity index (χ4v) is 3.26. The third kappa shape index (κ3) is 3.54. The molecule has 2 aromatic carbocycles. The summed E-state index contributed by atoms with van der Waals surface area (Å²) in [7, 11) is 0. The lowest BCUT2D eigenvalue weighted by Gasteiger charge is -2.09. The van der Waals surface area contributed by atoms with Crippen LogP contribution in [0.15, 0.2) is 60.9 Å². The number of rotatable bonds is 3. The first kappa shape index (κ1) is 19.0. The second-order valence-electron chi connectivity index (χ2n) is 6.67. The normalized spacial score (nSPS) is 11.1. The number of carbonyl (C=O) groups is 1. The van der Waals surface area contributed by atoms with Crippen LogP contribution in [0.25, 0.3) is 21.9 Å². The number of aryl methyl sites for hydroxylation is 2. The molecular weight excluding hydrogens is 396 g/mol. The Bertz CT molecular complexity index is 1400. The van der Waals surface area contributed by atoms with Crippen molar-refractivity contribution in [3.8, 4) is 0 Å². The van der Waals surface area contributed by atoms with Crippen molar-refractivity contribution >= 4 is 39.5 Å². The predicted octanol–water partition coefficient (Wildman–Crippen LogP) is 4.53. The number of hydrogen-bond acceptors (Lipinski definition) is 6. The number of hydrogen-bond donors (Lipinski definition) is 0. The van der Waals surface area contributed by atoms with Gasteiger partial charge in [0.15, 0.2) is 5.43 Å². The van der Waals surface area contributed by atoms with Crippen molar-refractivity contribution in [1.82, 2.24) is 0 Å². The van der Waals surface area contributed by atoms with Crippen LogP contribution in [0, 0.1) is 13.8 Å². The van der Waals surface area contributed by atoms with Gasteiger partial charge in [-0.25, -0.2) is 9.59 Å². The van der Waals surface area contributed by atoms with Crippen molar-refractivity contribution in [1.29, 1.82) is 0 Å². The van der Waals surface area contributed by atoms with Crippen LogP contribution < -0.4 is 11.1 Å². The van der Waals surface area contributed by atoms with E-state index in [2.05, 4.69) is 0 Å². The molecule has 4 aromatic rings. The van der Waals surface area contributed by atoms with Crippen LogP contribution >= 0.6 is 11.6 Å². The topological polar surface area (TPSA) is 86.7 Å². The minimum Gasteiger partial charge on any atom is -0.455 e. The molecule has 2 heterocycles. The van der Waals surface area contributed by atoms with Gasteiger partial charge in [-0.3, -0.25) is 4.79 Å². The Hall–Kier alpha value is -3.38. The maximum Gasteiger partial charge on any atom is 0.374 e. The zero-order valence-corrected chi connectivity index (χ0v) is 16.3. The van der Waals surface area contributed by atoms with E-state index in [9.17, 15) is 14.4 Å². The van der Waals surface area contributed by atoms with Crippen molar-refractivity contribution < 1.29 is 18.4 Å². The minimum atomic E-state index is -0.816. The Kier molecular flexibility index (Phi) is 4.72. The first-order valence-corrected chi connectivity index (χ1v) is 9.15. The molecule has 0 aliphatic heterocycles. The minimum absolute atomic E-state index is 0.175. The summed E-state index contributed by atoms with van der Waals surface area (Å²) in [6, 6.07) is 10.6. The van der Waals surface area contributed by atoms with E-state index in [4.69, 9.17) is 25.2 Å². The molecule has 2 aromatic heterocycles. The van der Waals surface area contributed by atoms with Crippen LogP contribution in [-0.4, -0.2) is 5.97 Å². The standard InChI is InChI=1S/C22H15ClO6/c1-11-3-5-15-13(7-20(25)29-21(15)12(11)2)10-27-22(26)19-9-17(24)16-8-14(23)4-6-18(16)28-19/h3-9H,10H2,1-2H3. The molecule has 0 saturated heterocycles. The second kappa shape index (κ2) is 7.22. The van der Waals surface area contributed by atoms with Gasteiger partial charge < -0.3 is 13.6 Å². The predicted molar refractivity (Wildman–Crippen MR) is 109 cm³/mol. The maximum absolute atomic E-state index is 12.4. The molecule has 0 saturated carbocycles. The van der Waals surface area contributed by atoms with E-state index in [1.807, 2.05) is 26.0 Å². The van der Waals surface area contributed by atoms with Crippen LogP contribution in [0.2, 0.25) is 5.02 Å². The van der Waals surface area contributed by atoms with Crippen molar-refractivity contribution in [3.05, 3.63) is 90.6 Å². The van der Waals surface area contributed by atoms with Gasteiger partial charge in [0.1, 0.15) is 17.8 Å². The Morgan fingerprint density at radius 2 is 1.79 bits per heavy atom. The van der Waals surface area contributed by atoms with Gasteiger partial charge in [0, 0.05) is 28.1 Å². The van der Waals surface area contributed by atoms with E-state index in [0.29, 0.717) is 21.6 Å². The molecule has 0 radical (unpaired) electrons. The van der Waals surface area contributed by atoms with Crippen LogP contribution in [0.4, 0.5) is 0 Å². The molecule has 0 N–H and O–H groups in total. The molecule has 0 fully saturated rings. The molecule has 0 bridgehead atoms. The maximum atomic E-state index is 12.4. The van der Waals surface area contributed by atoms with Gasteiger partial charge in [0.2, 0.25) is 5.76 Å². The number of carbonyl (C=O) groups excluding carboxylic acids is 1. The van der Waals surface area contributed by atoms with E-state index in [1.54, 1.807) is 6.07 Å². The van der Waals surface area contributed by atoms with Crippen LogP contribution in [-0.2, 0) is 11.3 Å². The van der Waals surface area contributed by atoms with Gasteiger partial charge in [-0.05, 0) is 43.2 Å². The third-order valence-corrected chi connectivity index (χ3v) is 5.00. The average Bonchev–Trinajstić information content (AvgIpc) is 2.69. The highest BCUT2D eigenvalue weighted by Gasteiger charge is 2.16. The number of ether oxygens (including phenoxy) is 1. The Labute approximate surface area is 169 Å². The molecule has 0 atom stereocenters. The molecule has 0 spiro atoms. The summed E-state index contributed by atoms with van der Waals surface area (Å²) in [5, 5.41) is 1.34. The molecule has 0 unspecified atom stereocenters. The number of halogens is 1. The van der Waals surface area contributed by atoms with Crippen LogP contribution in [0.5, 0.6) is 0 Å². The van der Waals surface area contributed by atoms with Gasteiger partial charge in [0.25, 0.3) is 0 Å². The van der Waals surface area contributed by atoms with Gasteiger partial charge in [-0.2, -0.15) is 0 Å².